The van der Waals surface area contributed by atoms with E-state index in [9.17, 15) is 4.79 Å². The molecule has 2 aromatic rings. The third-order valence-electron chi connectivity index (χ3n) is 4.01. The van der Waals surface area contributed by atoms with Gasteiger partial charge < -0.3 is 4.90 Å². The predicted octanol–water partition coefficient (Wildman–Crippen LogP) is 3.77. The van der Waals surface area contributed by atoms with Crippen LogP contribution in [0.5, 0.6) is 0 Å². The Kier molecular flexibility index (Phi) is 4.75. The highest BCUT2D eigenvalue weighted by Gasteiger charge is 2.33. The summed E-state index contributed by atoms with van der Waals surface area (Å²) in [4.78, 5) is 21.4. The number of amides is 1. The topological polar surface area (TPSA) is 35.9 Å². The number of rotatable bonds is 4. The zero-order valence-corrected chi connectivity index (χ0v) is 14.0. The van der Waals surface area contributed by atoms with E-state index in [0.717, 1.165) is 24.3 Å². The number of nitrogens with zero attached hydrogens (tertiary/aromatic N) is 3. The maximum atomic E-state index is 13.0. The van der Waals surface area contributed by atoms with Gasteiger partial charge in [0.1, 0.15) is 5.70 Å². The highest BCUT2D eigenvalue weighted by Crippen LogP contribution is 2.26. The SMILES string of the molecule is CCN(CC)C1=NC(=Cc2ccccc2)C(=O)N1c1ccccc1. The minimum atomic E-state index is -0.0908. The molecule has 122 valence electrons. The summed E-state index contributed by atoms with van der Waals surface area (Å²) >= 11 is 0. The van der Waals surface area contributed by atoms with Crippen molar-refractivity contribution < 1.29 is 4.79 Å². The third-order valence-corrected chi connectivity index (χ3v) is 4.01. The minimum absolute atomic E-state index is 0.0908. The minimum Gasteiger partial charge on any atom is -0.342 e. The fourth-order valence-electron chi connectivity index (χ4n) is 2.74. The third kappa shape index (κ3) is 3.08. The van der Waals surface area contributed by atoms with Crippen LogP contribution < -0.4 is 4.90 Å². The van der Waals surface area contributed by atoms with Crippen LogP contribution in [-0.4, -0.2) is 29.9 Å². The summed E-state index contributed by atoms with van der Waals surface area (Å²) in [6, 6.07) is 19.5. The van der Waals surface area contributed by atoms with Gasteiger partial charge in [-0.3, -0.25) is 4.79 Å². The lowest BCUT2D eigenvalue weighted by Gasteiger charge is -2.27. The Morgan fingerprint density at radius 1 is 0.958 bits per heavy atom. The van der Waals surface area contributed by atoms with Gasteiger partial charge in [0.25, 0.3) is 5.91 Å². The fourth-order valence-corrected chi connectivity index (χ4v) is 2.74. The summed E-state index contributed by atoms with van der Waals surface area (Å²) in [5.74, 6) is 0.602. The summed E-state index contributed by atoms with van der Waals surface area (Å²) < 4.78 is 0. The van der Waals surface area contributed by atoms with E-state index in [-0.39, 0.29) is 5.91 Å². The molecule has 24 heavy (non-hydrogen) atoms. The van der Waals surface area contributed by atoms with E-state index in [1.807, 2.05) is 66.7 Å². The molecule has 4 heteroatoms. The van der Waals surface area contributed by atoms with Gasteiger partial charge in [0.05, 0.1) is 5.69 Å². The number of hydrogen-bond donors (Lipinski definition) is 0. The standard InChI is InChI=1S/C20H21N3O/c1-3-22(4-2)20-21-18(15-16-11-7-5-8-12-16)19(24)23(20)17-13-9-6-10-14-17/h5-15H,3-4H2,1-2H3. The van der Waals surface area contributed by atoms with Crippen LogP contribution in [0.2, 0.25) is 0 Å². The van der Waals surface area contributed by atoms with Crippen molar-refractivity contribution in [2.75, 3.05) is 18.0 Å². The molecule has 1 aliphatic heterocycles. The van der Waals surface area contributed by atoms with E-state index < -0.39 is 0 Å². The highest BCUT2D eigenvalue weighted by molar-refractivity contribution is 6.28. The van der Waals surface area contributed by atoms with Crippen LogP contribution in [0.25, 0.3) is 6.08 Å². The first-order valence-corrected chi connectivity index (χ1v) is 8.24. The lowest BCUT2D eigenvalue weighted by atomic mass is 10.2. The van der Waals surface area contributed by atoms with Crippen LogP contribution in [0.15, 0.2) is 71.4 Å². The van der Waals surface area contributed by atoms with E-state index in [2.05, 4.69) is 23.7 Å². The molecule has 1 heterocycles. The van der Waals surface area contributed by atoms with Gasteiger partial charge in [-0.15, -0.1) is 0 Å². The first kappa shape index (κ1) is 16.0. The van der Waals surface area contributed by atoms with Crippen LogP contribution in [0.1, 0.15) is 19.4 Å². The van der Waals surface area contributed by atoms with Gasteiger partial charge in [-0.05, 0) is 37.6 Å². The van der Waals surface area contributed by atoms with Gasteiger partial charge in [0.2, 0.25) is 5.96 Å². The molecule has 0 saturated carbocycles. The second kappa shape index (κ2) is 7.13. The van der Waals surface area contributed by atoms with Crippen LogP contribution in [-0.2, 0) is 4.79 Å². The zero-order chi connectivity index (χ0) is 16.9. The molecule has 0 radical (unpaired) electrons. The van der Waals surface area contributed by atoms with Crippen molar-refractivity contribution in [3.05, 3.63) is 71.9 Å². The Morgan fingerprint density at radius 3 is 2.12 bits per heavy atom. The monoisotopic (exact) mass is 319 g/mol. The number of para-hydroxylation sites is 1. The molecule has 0 aromatic heterocycles. The smallest absolute Gasteiger partial charge is 0.283 e. The summed E-state index contributed by atoms with van der Waals surface area (Å²) in [6.45, 7) is 5.73. The molecule has 2 aromatic carbocycles. The molecule has 0 atom stereocenters. The Bertz CT molecular complexity index is 762. The van der Waals surface area contributed by atoms with Crippen LogP contribution in [0, 0.1) is 0 Å². The van der Waals surface area contributed by atoms with Crippen molar-refractivity contribution in [1.29, 1.82) is 0 Å². The molecular formula is C20H21N3O. The van der Waals surface area contributed by atoms with Crippen molar-refractivity contribution in [2.45, 2.75) is 13.8 Å². The van der Waals surface area contributed by atoms with E-state index in [1.54, 1.807) is 4.90 Å². The van der Waals surface area contributed by atoms with Crippen molar-refractivity contribution in [1.82, 2.24) is 4.90 Å². The quantitative estimate of drug-likeness (QED) is 0.804. The van der Waals surface area contributed by atoms with Crippen molar-refractivity contribution in [3.63, 3.8) is 0 Å². The number of anilines is 1. The Balaban J connectivity index is 2.04. The van der Waals surface area contributed by atoms with Gasteiger partial charge in [0.15, 0.2) is 0 Å². The van der Waals surface area contributed by atoms with Crippen LogP contribution >= 0.6 is 0 Å². The molecule has 0 aliphatic carbocycles. The Morgan fingerprint density at radius 2 is 1.54 bits per heavy atom. The lowest BCUT2D eigenvalue weighted by molar-refractivity contribution is -0.113. The van der Waals surface area contributed by atoms with Crippen molar-refractivity contribution in [2.24, 2.45) is 4.99 Å². The average molecular weight is 319 g/mol. The number of hydrogen-bond acceptors (Lipinski definition) is 3. The van der Waals surface area contributed by atoms with Gasteiger partial charge in [-0.2, -0.15) is 0 Å². The largest absolute Gasteiger partial charge is 0.342 e. The number of guanidine groups is 1. The lowest BCUT2D eigenvalue weighted by Crippen LogP contribution is -2.44. The van der Waals surface area contributed by atoms with Crippen molar-refractivity contribution in [3.8, 4) is 0 Å². The number of benzene rings is 2. The Hall–Kier alpha value is -2.88. The van der Waals surface area contributed by atoms with E-state index >= 15 is 0 Å². The van der Waals surface area contributed by atoms with Gasteiger partial charge in [-0.1, -0.05) is 48.5 Å². The molecule has 0 saturated heterocycles. The van der Waals surface area contributed by atoms with Gasteiger partial charge in [0, 0.05) is 13.1 Å². The zero-order valence-electron chi connectivity index (χ0n) is 14.0. The summed E-state index contributed by atoms with van der Waals surface area (Å²) in [7, 11) is 0. The maximum absolute atomic E-state index is 13.0. The van der Waals surface area contributed by atoms with Crippen molar-refractivity contribution >= 4 is 23.6 Å². The van der Waals surface area contributed by atoms with Gasteiger partial charge >= 0.3 is 0 Å². The van der Waals surface area contributed by atoms with Crippen LogP contribution in [0.3, 0.4) is 0 Å². The average Bonchev–Trinajstić information content (AvgIpc) is 2.94. The summed E-state index contributed by atoms with van der Waals surface area (Å²) in [5.41, 5.74) is 2.27. The van der Waals surface area contributed by atoms with E-state index in [1.165, 1.54) is 0 Å². The Labute approximate surface area is 142 Å². The van der Waals surface area contributed by atoms with Gasteiger partial charge in [-0.25, -0.2) is 9.89 Å². The molecule has 0 fully saturated rings. The normalized spacial score (nSPS) is 15.8. The maximum Gasteiger partial charge on any atom is 0.283 e. The van der Waals surface area contributed by atoms with Crippen LogP contribution in [0.4, 0.5) is 5.69 Å². The molecule has 4 nitrogen and oxygen atoms in total. The highest BCUT2D eigenvalue weighted by atomic mass is 16.2. The fraction of sp³-hybridized carbons (Fsp3) is 0.200. The molecule has 0 unspecified atom stereocenters. The summed E-state index contributed by atoms with van der Waals surface area (Å²) in [6.07, 6.45) is 1.84. The predicted molar refractivity (Wildman–Crippen MR) is 98.7 cm³/mol. The molecule has 0 bridgehead atoms. The first-order valence-electron chi connectivity index (χ1n) is 8.24. The molecule has 0 spiro atoms. The first-order chi connectivity index (χ1) is 11.7. The molecule has 1 amide bonds. The number of carbonyl (C=O) groups is 1. The molecular weight excluding hydrogens is 298 g/mol. The molecule has 1 aliphatic rings. The summed E-state index contributed by atoms with van der Waals surface area (Å²) in [5, 5.41) is 0. The second-order valence-electron chi connectivity index (χ2n) is 5.50. The second-order valence-corrected chi connectivity index (χ2v) is 5.50. The number of carbonyl (C=O) groups excluding carboxylic acids is 1. The van der Waals surface area contributed by atoms with E-state index in [4.69, 9.17) is 0 Å². The number of aliphatic imine (C=N–C) groups is 1. The van der Waals surface area contributed by atoms with E-state index in [0.29, 0.717) is 11.7 Å². The molecule has 3 rings (SSSR count). The molecule has 0 N–H and O–H groups in total.